The molecule has 0 aromatic rings. The van der Waals surface area contributed by atoms with Gasteiger partial charge in [0.25, 0.3) is 0 Å². The first-order valence-electron chi connectivity index (χ1n) is 21.8. The molecular formula is C46H75NO13. The zero-order valence-electron chi connectivity index (χ0n) is 35.7. The Morgan fingerprint density at radius 3 is 1.75 bits per heavy atom. The monoisotopic (exact) mass is 850 g/mol. The average molecular weight is 850 g/mol. The van der Waals surface area contributed by atoms with E-state index in [1.165, 1.54) is 0 Å². The second-order valence-electron chi connectivity index (χ2n) is 15.1. The maximum Gasteiger partial charge on any atom is 0.220 e. The fraction of sp³-hybridized carbons (Fsp3) is 0.674. The van der Waals surface area contributed by atoms with Gasteiger partial charge in [-0.05, 0) is 77.0 Å². The fourth-order valence-corrected chi connectivity index (χ4v) is 6.43. The van der Waals surface area contributed by atoms with Crippen molar-refractivity contribution in [2.45, 2.75) is 177 Å². The molecule has 2 saturated heterocycles. The third kappa shape index (κ3) is 20.8. The number of aliphatic hydroxyl groups excluding tert-OH is 8. The van der Waals surface area contributed by atoms with E-state index < -0.39 is 86.8 Å². The van der Waals surface area contributed by atoms with Crippen LogP contribution in [0, 0.1) is 0 Å². The quantitative estimate of drug-likeness (QED) is 0.0370. The number of ether oxygens (including phenoxy) is 4. The van der Waals surface area contributed by atoms with Crippen molar-refractivity contribution in [2.75, 3.05) is 19.8 Å². The van der Waals surface area contributed by atoms with Crippen LogP contribution in [0.15, 0.2) is 85.1 Å². The topological polar surface area (TPSA) is 228 Å². The van der Waals surface area contributed by atoms with Gasteiger partial charge in [-0.25, -0.2) is 0 Å². The summed E-state index contributed by atoms with van der Waals surface area (Å²) in [4.78, 5) is 13.1. The molecule has 2 aliphatic heterocycles. The SMILES string of the molecule is CC/C=C\C/C=C\C/C=C\C/C=C\CCCCC(=O)NC(COC1OC(CO)C(OC2OC(CO)C(O)C(O)C2O)C(O)C1O)C(O)/C=C/CC/C=C/CC/C=C/CCC. The molecule has 342 valence electrons. The summed E-state index contributed by atoms with van der Waals surface area (Å²) in [5.41, 5.74) is 0. The lowest BCUT2D eigenvalue weighted by Crippen LogP contribution is -2.65. The van der Waals surface area contributed by atoms with Gasteiger partial charge in [-0.3, -0.25) is 4.79 Å². The second-order valence-corrected chi connectivity index (χ2v) is 15.1. The van der Waals surface area contributed by atoms with E-state index in [4.69, 9.17) is 18.9 Å². The predicted octanol–water partition coefficient (Wildman–Crippen LogP) is 3.87. The Balaban J connectivity index is 1.96. The van der Waals surface area contributed by atoms with E-state index in [0.717, 1.165) is 70.6 Å². The summed E-state index contributed by atoms with van der Waals surface area (Å²) in [5.74, 6) is -0.302. The van der Waals surface area contributed by atoms with Crippen molar-refractivity contribution in [1.82, 2.24) is 5.32 Å². The molecule has 0 bridgehead atoms. The Kier molecular flexibility index (Phi) is 29.2. The molecule has 1 amide bonds. The number of amides is 1. The molecule has 0 spiro atoms. The van der Waals surface area contributed by atoms with Crippen LogP contribution >= 0.6 is 0 Å². The third-order valence-electron chi connectivity index (χ3n) is 10.0. The predicted molar refractivity (Wildman–Crippen MR) is 230 cm³/mol. The van der Waals surface area contributed by atoms with Crippen molar-refractivity contribution >= 4 is 5.91 Å². The molecule has 12 unspecified atom stereocenters. The first kappa shape index (κ1) is 53.3. The lowest BCUT2D eigenvalue weighted by Gasteiger charge is -2.46. The summed E-state index contributed by atoms with van der Waals surface area (Å²) >= 11 is 0. The highest BCUT2D eigenvalue weighted by atomic mass is 16.7. The van der Waals surface area contributed by atoms with Crippen molar-refractivity contribution < 1.29 is 64.6 Å². The lowest BCUT2D eigenvalue weighted by molar-refractivity contribution is -0.359. The van der Waals surface area contributed by atoms with E-state index in [9.17, 15) is 45.6 Å². The molecule has 0 saturated carbocycles. The highest BCUT2D eigenvalue weighted by Gasteiger charge is 2.50. The van der Waals surface area contributed by atoms with Crippen molar-refractivity contribution in [1.29, 1.82) is 0 Å². The average Bonchev–Trinajstić information content (AvgIpc) is 3.24. The zero-order valence-corrected chi connectivity index (χ0v) is 35.7. The van der Waals surface area contributed by atoms with E-state index in [1.807, 2.05) is 6.08 Å². The van der Waals surface area contributed by atoms with E-state index in [1.54, 1.807) is 6.08 Å². The third-order valence-corrected chi connectivity index (χ3v) is 10.0. The van der Waals surface area contributed by atoms with E-state index in [-0.39, 0.29) is 18.9 Å². The Bertz CT molecular complexity index is 1330. The van der Waals surface area contributed by atoms with Gasteiger partial charge in [0.05, 0.1) is 32.0 Å². The second kappa shape index (κ2) is 32.8. The number of allylic oxidation sites excluding steroid dienone is 13. The normalized spacial score (nSPS) is 29.1. The summed E-state index contributed by atoms with van der Waals surface area (Å²) in [5, 5.41) is 86.3. The van der Waals surface area contributed by atoms with Crippen LogP contribution in [0.4, 0.5) is 0 Å². The number of carbonyl (C=O) groups is 1. The van der Waals surface area contributed by atoms with Gasteiger partial charge in [0.2, 0.25) is 5.91 Å². The summed E-state index contributed by atoms with van der Waals surface area (Å²) in [6.07, 6.45) is 23.6. The Morgan fingerprint density at radius 2 is 1.15 bits per heavy atom. The van der Waals surface area contributed by atoms with Crippen LogP contribution < -0.4 is 5.32 Å². The van der Waals surface area contributed by atoms with Gasteiger partial charge in [0.1, 0.15) is 48.8 Å². The summed E-state index contributed by atoms with van der Waals surface area (Å²) in [6, 6.07) is -0.961. The maximum absolute atomic E-state index is 13.1. The molecule has 0 aromatic carbocycles. The van der Waals surface area contributed by atoms with Gasteiger partial charge in [0, 0.05) is 6.42 Å². The smallest absolute Gasteiger partial charge is 0.220 e. The number of hydrogen-bond acceptors (Lipinski definition) is 13. The van der Waals surface area contributed by atoms with E-state index >= 15 is 0 Å². The van der Waals surface area contributed by atoms with Crippen LogP contribution in [0.25, 0.3) is 0 Å². The number of hydrogen-bond donors (Lipinski definition) is 9. The molecule has 14 heteroatoms. The summed E-state index contributed by atoms with van der Waals surface area (Å²) in [6.45, 7) is 2.48. The van der Waals surface area contributed by atoms with Crippen molar-refractivity contribution in [3.05, 3.63) is 85.1 Å². The minimum atomic E-state index is -1.80. The molecule has 0 radical (unpaired) electrons. The Hall–Kier alpha value is -2.83. The van der Waals surface area contributed by atoms with E-state index in [2.05, 4.69) is 92.1 Å². The standard InChI is InChI=1S/C46H75NO13/c1-3-5-7-9-11-13-15-16-17-18-20-22-24-26-28-30-38(51)47-34(35(50)29-27-25-23-21-19-14-12-10-8-6-4-2)33-57-45-43(56)41(54)44(37(32-49)59-45)60-46-42(55)40(53)39(52)36(31-48)58-46/h5,7-8,10-11,13,16-17,19-22,27,29,34-37,39-46,48-50,52-56H,3-4,6,9,12,14-15,18,23-26,28,30-33H2,1-2H3,(H,47,51)/b7-5-,10-8+,13-11-,17-16-,21-19+,22-20-,29-27+. The summed E-state index contributed by atoms with van der Waals surface area (Å²) < 4.78 is 22.5. The van der Waals surface area contributed by atoms with Crippen molar-refractivity contribution in [3.63, 3.8) is 0 Å². The number of rotatable bonds is 30. The molecule has 2 fully saturated rings. The zero-order chi connectivity index (χ0) is 44.0. The lowest BCUT2D eigenvalue weighted by atomic mass is 9.97. The Labute approximate surface area is 357 Å². The molecule has 60 heavy (non-hydrogen) atoms. The molecule has 9 N–H and O–H groups in total. The number of aliphatic hydroxyl groups is 8. The van der Waals surface area contributed by atoms with Gasteiger partial charge in [0.15, 0.2) is 12.6 Å². The maximum atomic E-state index is 13.1. The van der Waals surface area contributed by atoms with Crippen LogP contribution in [0.1, 0.15) is 104 Å². The first-order valence-corrected chi connectivity index (χ1v) is 21.8. The number of unbranched alkanes of at least 4 members (excludes halogenated alkanes) is 5. The van der Waals surface area contributed by atoms with Crippen LogP contribution in [-0.2, 0) is 23.7 Å². The number of carbonyl (C=O) groups excluding carboxylic acids is 1. The van der Waals surface area contributed by atoms with Crippen LogP contribution in [0.3, 0.4) is 0 Å². The molecule has 0 aliphatic carbocycles. The van der Waals surface area contributed by atoms with Gasteiger partial charge in [-0.1, -0.05) is 105 Å². The minimum absolute atomic E-state index is 0.212. The van der Waals surface area contributed by atoms with Crippen LogP contribution in [0.2, 0.25) is 0 Å². The van der Waals surface area contributed by atoms with Crippen molar-refractivity contribution in [2.24, 2.45) is 0 Å². The highest BCUT2D eigenvalue weighted by molar-refractivity contribution is 5.76. The van der Waals surface area contributed by atoms with Crippen LogP contribution in [0.5, 0.6) is 0 Å². The molecule has 0 aromatic heterocycles. The molecule has 12 atom stereocenters. The van der Waals surface area contributed by atoms with Crippen molar-refractivity contribution in [3.8, 4) is 0 Å². The van der Waals surface area contributed by atoms with Crippen LogP contribution in [-0.4, -0.2) is 140 Å². The number of nitrogens with one attached hydrogen (secondary N) is 1. The molecule has 14 nitrogen and oxygen atoms in total. The van der Waals surface area contributed by atoms with E-state index in [0.29, 0.717) is 12.8 Å². The molecule has 2 heterocycles. The molecule has 2 aliphatic rings. The summed E-state index contributed by atoms with van der Waals surface area (Å²) in [7, 11) is 0. The first-order chi connectivity index (χ1) is 29.1. The Morgan fingerprint density at radius 1 is 0.617 bits per heavy atom. The molecular weight excluding hydrogens is 774 g/mol. The van der Waals surface area contributed by atoms with Gasteiger partial charge < -0.3 is 65.1 Å². The molecule has 2 rings (SSSR count). The van der Waals surface area contributed by atoms with Gasteiger partial charge >= 0.3 is 0 Å². The van der Waals surface area contributed by atoms with Gasteiger partial charge in [-0.2, -0.15) is 0 Å². The fourth-order valence-electron chi connectivity index (χ4n) is 6.43. The largest absolute Gasteiger partial charge is 0.394 e. The minimum Gasteiger partial charge on any atom is -0.394 e. The highest BCUT2D eigenvalue weighted by Crippen LogP contribution is 2.29. The van der Waals surface area contributed by atoms with Gasteiger partial charge in [-0.15, -0.1) is 0 Å².